The molecule has 0 heteroatoms. The normalized spacial score (nSPS) is 11.8. The maximum atomic E-state index is 2.45. The van der Waals surface area contributed by atoms with E-state index in [4.69, 9.17) is 0 Å². The summed E-state index contributed by atoms with van der Waals surface area (Å²) in [5, 5.41) is 7.66. The van der Waals surface area contributed by atoms with E-state index >= 15 is 0 Å². The molecule has 0 aliphatic rings. The van der Waals surface area contributed by atoms with Gasteiger partial charge < -0.3 is 0 Å². The van der Waals surface area contributed by atoms with Crippen LogP contribution in [-0.2, 0) is 5.41 Å². The van der Waals surface area contributed by atoms with Crippen molar-refractivity contribution >= 4 is 32.3 Å². The third-order valence-corrected chi connectivity index (χ3v) is 9.40. The van der Waals surface area contributed by atoms with Crippen LogP contribution in [0.3, 0.4) is 0 Å². The maximum Gasteiger partial charge on any atom is -0.00260 e. The van der Waals surface area contributed by atoms with Gasteiger partial charge in [0.1, 0.15) is 0 Å². The molecule has 0 amide bonds. The molecule has 0 unspecified atom stereocenters. The van der Waals surface area contributed by atoms with Crippen molar-refractivity contribution in [3.63, 3.8) is 0 Å². The average molecular weight is 589 g/mol. The third-order valence-electron chi connectivity index (χ3n) is 9.40. The first kappa shape index (κ1) is 28.0. The van der Waals surface area contributed by atoms with Crippen molar-refractivity contribution in [1.29, 1.82) is 0 Å². The molecule has 0 saturated carbocycles. The molecule has 220 valence electrons. The summed E-state index contributed by atoms with van der Waals surface area (Å²) in [7, 11) is 0. The molecule has 0 fully saturated rings. The van der Waals surface area contributed by atoms with Gasteiger partial charge in [0, 0.05) is 0 Å². The van der Waals surface area contributed by atoms with E-state index in [1.54, 1.807) is 0 Å². The standard InChI is InChI=1S/C46H36/c1-46(2,3)37-26-27-42-43(30-37)45(36-25-24-31-14-7-8-17-33(31)28-36)41-23-12-11-22-40(41)44(42)35-19-13-18-34(29-35)39-21-10-9-20-38(39)32-15-5-4-6-16-32/h4-30H,1-3H3. The van der Waals surface area contributed by atoms with Crippen molar-refractivity contribution in [1.82, 2.24) is 0 Å². The van der Waals surface area contributed by atoms with Crippen LogP contribution in [0.25, 0.3) is 76.8 Å². The highest BCUT2D eigenvalue weighted by molar-refractivity contribution is 6.22. The van der Waals surface area contributed by atoms with Crippen molar-refractivity contribution in [3.8, 4) is 44.5 Å². The lowest BCUT2D eigenvalue weighted by Gasteiger charge is -2.23. The zero-order valence-corrected chi connectivity index (χ0v) is 26.6. The summed E-state index contributed by atoms with van der Waals surface area (Å²) >= 11 is 0. The molecular weight excluding hydrogens is 553 g/mol. The molecular formula is C46H36. The molecule has 0 radical (unpaired) electrons. The van der Waals surface area contributed by atoms with Crippen LogP contribution in [0.2, 0.25) is 0 Å². The Kier molecular flexibility index (Phi) is 6.80. The Morgan fingerprint density at radius 3 is 1.61 bits per heavy atom. The fourth-order valence-corrected chi connectivity index (χ4v) is 7.06. The van der Waals surface area contributed by atoms with Gasteiger partial charge in [-0.25, -0.2) is 0 Å². The van der Waals surface area contributed by atoms with Gasteiger partial charge in [-0.15, -0.1) is 0 Å². The molecule has 0 saturated heterocycles. The molecule has 0 aliphatic heterocycles. The molecule has 8 aromatic carbocycles. The average Bonchev–Trinajstić information content (AvgIpc) is 3.10. The van der Waals surface area contributed by atoms with Gasteiger partial charge in [-0.1, -0.05) is 166 Å². The largest absolute Gasteiger partial charge is 0.0622 e. The van der Waals surface area contributed by atoms with E-state index in [2.05, 4.69) is 185 Å². The summed E-state index contributed by atoms with van der Waals surface area (Å²) in [6.45, 7) is 6.92. The second-order valence-electron chi connectivity index (χ2n) is 13.4. The van der Waals surface area contributed by atoms with Gasteiger partial charge in [0.25, 0.3) is 0 Å². The first-order chi connectivity index (χ1) is 22.5. The van der Waals surface area contributed by atoms with Gasteiger partial charge >= 0.3 is 0 Å². The fourth-order valence-electron chi connectivity index (χ4n) is 7.06. The lowest BCUT2D eigenvalue weighted by Crippen LogP contribution is -2.10. The summed E-state index contributed by atoms with van der Waals surface area (Å²) in [5.74, 6) is 0. The van der Waals surface area contributed by atoms with Crippen LogP contribution in [0.4, 0.5) is 0 Å². The van der Waals surface area contributed by atoms with Gasteiger partial charge in [0.2, 0.25) is 0 Å². The summed E-state index contributed by atoms with van der Waals surface area (Å²) in [6.07, 6.45) is 0. The predicted octanol–water partition coefficient (Wildman–Crippen LogP) is 13.1. The number of hydrogen-bond donors (Lipinski definition) is 0. The van der Waals surface area contributed by atoms with E-state index in [9.17, 15) is 0 Å². The molecule has 0 heterocycles. The number of rotatable bonds is 4. The lowest BCUT2D eigenvalue weighted by atomic mass is 9.81. The van der Waals surface area contributed by atoms with Gasteiger partial charge in [-0.3, -0.25) is 0 Å². The Labute approximate surface area is 271 Å². The minimum Gasteiger partial charge on any atom is -0.0622 e. The third kappa shape index (κ3) is 4.88. The van der Waals surface area contributed by atoms with Crippen LogP contribution in [0.5, 0.6) is 0 Å². The minimum atomic E-state index is 0.0295. The van der Waals surface area contributed by atoms with E-state index < -0.39 is 0 Å². The Hall–Kier alpha value is -5.46. The SMILES string of the molecule is CC(C)(C)c1ccc2c(-c3cccc(-c4ccccc4-c4ccccc4)c3)c3ccccc3c(-c3ccc4ccccc4c3)c2c1. The first-order valence-electron chi connectivity index (χ1n) is 16.2. The van der Waals surface area contributed by atoms with Crippen molar-refractivity contribution < 1.29 is 0 Å². The van der Waals surface area contributed by atoms with E-state index in [1.807, 2.05) is 0 Å². The van der Waals surface area contributed by atoms with Crippen molar-refractivity contribution in [3.05, 3.63) is 169 Å². The van der Waals surface area contributed by atoms with Crippen LogP contribution in [0, 0.1) is 0 Å². The van der Waals surface area contributed by atoms with Crippen LogP contribution in [0.15, 0.2) is 164 Å². The van der Waals surface area contributed by atoms with E-state index in [-0.39, 0.29) is 5.41 Å². The fraction of sp³-hybridized carbons (Fsp3) is 0.0870. The molecule has 0 atom stereocenters. The van der Waals surface area contributed by atoms with Crippen LogP contribution in [-0.4, -0.2) is 0 Å². The zero-order chi connectivity index (χ0) is 31.3. The van der Waals surface area contributed by atoms with Crippen molar-refractivity contribution in [2.75, 3.05) is 0 Å². The molecule has 0 N–H and O–H groups in total. The molecule has 0 nitrogen and oxygen atoms in total. The number of fused-ring (bicyclic) bond motifs is 3. The Balaban J connectivity index is 1.42. The van der Waals surface area contributed by atoms with Gasteiger partial charge in [-0.2, -0.15) is 0 Å². The molecule has 0 spiro atoms. The minimum absolute atomic E-state index is 0.0295. The van der Waals surface area contributed by atoms with Crippen LogP contribution >= 0.6 is 0 Å². The first-order valence-corrected chi connectivity index (χ1v) is 16.2. The highest BCUT2D eigenvalue weighted by Crippen LogP contribution is 2.46. The molecule has 0 bridgehead atoms. The second-order valence-corrected chi connectivity index (χ2v) is 13.4. The summed E-state index contributed by atoms with van der Waals surface area (Å²) in [4.78, 5) is 0. The molecule has 0 aromatic heterocycles. The van der Waals surface area contributed by atoms with E-state index in [0.29, 0.717) is 0 Å². The molecule has 8 aromatic rings. The quantitative estimate of drug-likeness (QED) is 0.179. The Morgan fingerprint density at radius 1 is 0.326 bits per heavy atom. The highest BCUT2D eigenvalue weighted by atomic mass is 14.2. The van der Waals surface area contributed by atoms with E-state index in [1.165, 1.54) is 82.4 Å². The summed E-state index contributed by atoms with van der Waals surface area (Å²) in [5.41, 5.74) is 11.4. The van der Waals surface area contributed by atoms with Crippen LogP contribution < -0.4 is 0 Å². The second kappa shape index (κ2) is 11.2. The summed E-state index contributed by atoms with van der Waals surface area (Å²) < 4.78 is 0. The van der Waals surface area contributed by atoms with Gasteiger partial charge in [-0.05, 0) is 106 Å². The topological polar surface area (TPSA) is 0 Å². The highest BCUT2D eigenvalue weighted by Gasteiger charge is 2.21. The molecule has 8 rings (SSSR count). The van der Waals surface area contributed by atoms with Crippen molar-refractivity contribution in [2.45, 2.75) is 26.2 Å². The number of hydrogen-bond acceptors (Lipinski definition) is 0. The predicted molar refractivity (Wildman–Crippen MR) is 199 cm³/mol. The summed E-state index contributed by atoms with van der Waals surface area (Å²) in [6, 6.07) is 60.3. The molecule has 0 aliphatic carbocycles. The van der Waals surface area contributed by atoms with Crippen molar-refractivity contribution in [2.24, 2.45) is 0 Å². The Morgan fingerprint density at radius 2 is 0.870 bits per heavy atom. The smallest absolute Gasteiger partial charge is 0.00260 e. The van der Waals surface area contributed by atoms with Gasteiger partial charge in [0.05, 0.1) is 0 Å². The maximum absolute atomic E-state index is 2.45. The monoisotopic (exact) mass is 588 g/mol. The van der Waals surface area contributed by atoms with Crippen LogP contribution in [0.1, 0.15) is 26.3 Å². The Bertz CT molecular complexity index is 2390. The van der Waals surface area contributed by atoms with E-state index in [0.717, 1.165) is 0 Å². The zero-order valence-electron chi connectivity index (χ0n) is 26.6. The van der Waals surface area contributed by atoms with Gasteiger partial charge in [0.15, 0.2) is 0 Å². The number of benzene rings is 8. The molecule has 46 heavy (non-hydrogen) atoms. The lowest BCUT2D eigenvalue weighted by molar-refractivity contribution is 0.591.